The maximum Gasteiger partial charge on any atom is 0.262 e. The van der Waals surface area contributed by atoms with E-state index in [0.717, 1.165) is 0 Å². The van der Waals surface area contributed by atoms with E-state index >= 15 is 0 Å². The molecule has 100 valence electrons. The number of halogens is 2. The zero-order valence-corrected chi connectivity index (χ0v) is 12.2. The maximum absolute atomic E-state index is 12.8. The molecule has 0 saturated heterocycles. The highest BCUT2D eigenvalue weighted by Crippen LogP contribution is 2.21. The van der Waals surface area contributed by atoms with Gasteiger partial charge in [0.05, 0.1) is 4.90 Å². The summed E-state index contributed by atoms with van der Waals surface area (Å²) in [4.78, 5) is 0.205. The third-order valence-electron chi connectivity index (χ3n) is 2.50. The van der Waals surface area contributed by atoms with Crippen LogP contribution in [0.2, 0.25) is 0 Å². The number of anilines is 1. The molecule has 0 amide bonds. The van der Waals surface area contributed by atoms with Crippen molar-refractivity contribution in [3.63, 3.8) is 0 Å². The van der Waals surface area contributed by atoms with Gasteiger partial charge in [-0.15, -0.1) is 0 Å². The van der Waals surface area contributed by atoms with Gasteiger partial charge >= 0.3 is 0 Å². The van der Waals surface area contributed by atoms with Gasteiger partial charge in [0.1, 0.15) is 5.82 Å². The zero-order chi connectivity index (χ0) is 13.9. The standard InChI is InChI=1S/C13H11BrFNO2S/c14-9-10-3-1-2-4-13(10)19(17,18)16-12-7-5-11(15)6-8-12/h1-8,16H,9H2. The molecule has 0 saturated carbocycles. The Labute approximate surface area is 119 Å². The summed E-state index contributed by atoms with van der Waals surface area (Å²) in [5.74, 6) is -0.413. The minimum Gasteiger partial charge on any atom is -0.280 e. The Hall–Kier alpha value is -1.40. The van der Waals surface area contributed by atoms with Gasteiger partial charge in [-0.3, -0.25) is 4.72 Å². The molecule has 0 radical (unpaired) electrons. The Morgan fingerprint density at radius 3 is 2.32 bits per heavy atom. The molecule has 3 nitrogen and oxygen atoms in total. The predicted octanol–water partition coefficient (Wildman–Crippen LogP) is 3.52. The van der Waals surface area contributed by atoms with Gasteiger partial charge in [-0.1, -0.05) is 34.1 Å². The van der Waals surface area contributed by atoms with Gasteiger partial charge in [0.2, 0.25) is 0 Å². The number of rotatable bonds is 4. The molecule has 19 heavy (non-hydrogen) atoms. The van der Waals surface area contributed by atoms with E-state index in [4.69, 9.17) is 0 Å². The normalized spacial score (nSPS) is 11.3. The third-order valence-corrected chi connectivity index (χ3v) is 4.59. The molecular formula is C13H11BrFNO2S. The lowest BCUT2D eigenvalue weighted by Crippen LogP contribution is -2.14. The van der Waals surface area contributed by atoms with Crippen molar-refractivity contribution < 1.29 is 12.8 Å². The van der Waals surface area contributed by atoms with Crippen LogP contribution in [0.25, 0.3) is 0 Å². The van der Waals surface area contributed by atoms with E-state index in [0.29, 0.717) is 16.6 Å². The Morgan fingerprint density at radius 1 is 1.05 bits per heavy atom. The first-order chi connectivity index (χ1) is 9.03. The fourth-order valence-corrected chi connectivity index (χ4v) is 3.58. The van der Waals surface area contributed by atoms with Gasteiger partial charge < -0.3 is 0 Å². The van der Waals surface area contributed by atoms with Crippen molar-refractivity contribution in [2.24, 2.45) is 0 Å². The molecule has 1 N–H and O–H groups in total. The van der Waals surface area contributed by atoms with Gasteiger partial charge in [-0.05, 0) is 35.9 Å². The van der Waals surface area contributed by atoms with E-state index in [1.54, 1.807) is 18.2 Å². The molecule has 6 heteroatoms. The highest BCUT2D eigenvalue weighted by atomic mass is 79.9. The Bertz CT molecular complexity index is 671. The SMILES string of the molecule is O=S(=O)(Nc1ccc(F)cc1)c1ccccc1CBr. The van der Waals surface area contributed by atoms with Crippen molar-refractivity contribution in [2.45, 2.75) is 10.2 Å². The van der Waals surface area contributed by atoms with Crippen molar-refractivity contribution in [1.29, 1.82) is 0 Å². The van der Waals surface area contributed by atoms with E-state index in [-0.39, 0.29) is 4.90 Å². The van der Waals surface area contributed by atoms with Gasteiger partial charge in [-0.2, -0.15) is 0 Å². The van der Waals surface area contributed by atoms with Gasteiger partial charge in [-0.25, -0.2) is 12.8 Å². The van der Waals surface area contributed by atoms with Crippen molar-refractivity contribution >= 4 is 31.6 Å². The van der Waals surface area contributed by atoms with Crippen LogP contribution in [-0.4, -0.2) is 8.42 Å². The van der Waals surface area contributed by atoms with Crippen LogP contribution in [0.1, 0.15) is 5.56 Å². The second kappa shape index (κ2) is 5.71. The molecule has 0 fully saturated rings. The van der Waals surface area contributed by atoms with Crippen LogP contribution < -0.4 is 4.72 Å². The molecular weight excluding hydrogens is 333 g/mol. The van der Waals surface area contributed by atoms with Gasteiger partial charge in [0.15, 0.2) is 0 Å². The molecule has 0 bridgehead atoms. The van der Waals surface area contributed by atoms with Crippen LogP contribution in [-0.2, 0) is 15.4 Å². The molecule has 2 aromatic carbocycles. The largest absolute Gasteiger partial charge is 0.280 e. The Balaban J connectivity index is 2.35. The minimum atomic E-state index is -3.67. The molecule has 0 atom stereocenters. The van der Waals surface area contributed by atoms with Gasteiger partial charge in [0.25, 0.3) is 10.0 Å². The molecule has 0 aromatic heterocycles. The van der Waals surface area contributed by atoms with Crippen molar-refractivity contribution in [3.8, 4) is 0 Å². The molecule has 0 unspecified atom stereocenters. The van der Waals surface area contributed by atoms with E-state index in [9.17, 15) is 12.8 Å². The monoisotopic (exact) mass is 343 g/mol. The smallest absolute Gasteiger partial charge is 0.262 e. The summed E-state index contributed by atoms with van der Waals surface area (Å²) < 4.78 is 39.7. The number of benzene rings is 2. The summed E-state index contributed by atoms with van der Waals surface area (Å²) in [5.41, 5.74) is 0.989. The van der Waals surface area contributed by atoms with Crippen LogP contribution >= 0.6 is 15.9 Å². The first-order valence-corrected chi connectivity index (χ1v) is 8.05. The van der Waals surface area contributed by atoms with E-state index in [1.165, 1.54) is 30.3 Å². The molecule has 0 aliphatic carbocycles. The fourth-order valence-electron chi connectivity index (χ4n) is 1.60. The van der Waals surface area contributed by atoms with E-state index in [1.807, 2.05) is 0 Å². The Morgan fingerprint density at radius 2 is 1.68 bits per heavy atom. The third kappa shape index (κ3) is 3.33. The topological polar surface area (TPSA) is 46.2 Å². The summed E-state index contributed by atoms with van der Waals surface area (Å²) in [6.07, 6.45) is 0. The van der Waals surface area contributed by atoms with Crippen LogP contribution in [0.5, 0.6) is 0 Å². The lowest BCUT2D eigenvalue weighted by Gasteiger charge is -2.10. The van der Waals surface area contributed by atoms with Crippen LogP contribution in [0.15, 0.2) is 53.4 Å². The number of alkyl halides is 1. The summed E-state index contributed by atoms with van der Waals surface area (Å²) in [6, 6.07) is 11.9. The summed E-state index contributed by atoms with van der Waals surface area (Å²) in [6.45, 7) is 0. The second-order valence-corrected chi connectivity index (χ2v) is 6.07. The fraction of sp³-hybridized carbons (Fsp3) is 0.0769. The van der Waals surface area contributed by atoms with Crippen LogP contribution in [0.3, 0.4) is 0 Å². The van der Waals surface area contributed by atoms with Crippen molar-refractivity contribution in [3.05, 3.63) is 59.9 Å². The van der Waals surface area contributed by atoms with Gasteiger partial charge in [0, 0.05) is 11.0 Å². The lowest BCUT2D eigenvalue weighted by atomic mass is 10.2. The molecule has 2 rings (SSSR count). The maximum atomic E-state index is 12.8. The highest BCUT2D eigenvalue weighted by Gasteiger charge is 2.17. The molecule has 2 aromatic rings. The number of sulfonamides is 1. The number of hydrogen-bond donors (Lipinski definition) is 1. The zero-order valence-electron chi connectivity index (χ0n) is 9.81. The average molecular weight is 344 g/mol. The highest BCUT2D eigenvalue weighted by molar-refractivity contribution is 9.08. The quantitative estimate of drug-likeness (QED) is 0.863. The van der Waals surface area contributed by atoms with Crippen LogP contribution in [0, 0.1) is 5.82 Å². The summed E-state index contributed by atoms with van der Waals surface area (Å²) >= 11 is 3.25. The summed E-state index contributed by atoms with van der Waals surface area (Å²) in [7, 11) is -3.67. The Kier molecular flexibility index (Phi) is 4.21. The summed E-state index contributed by atoms with van der Waals surface area (Å²) in [5, 5.41) is 0.438. The number of nitrogens with one attached hydrogen (secondary N) is 1. The second-order valence-electron chi connectivity index (χ2n) is 3.85. The van der Waals surface area contributed by atoms with Crippen molar-refractivity contribution in [1.82, 2.24) is 0 Å². The number of hydrogen-bond acceptors (Lipinski definition) is 2. The van der Waals surface area contributed by atoms with E-state index in [2.05, 4.69) is 20.7 Å². The van der Waals surface area contributed by atoms with Crippen molar-refractivity contribution in [2.75, 3.05) is 4.72 Å². The molecule has 0 aliphatic heterocycles. The first kappa shape index (κ1) is 14.0. The predicted molar refractivity (Wildman–Crippen MR) is 76.3 cm³/mol. The average Bonchev–Trinajstić information content (AvgIpc) is 2.41. The first-order valence-electron chi connectivity index (χ1n) is 5.45. The van der Waals surface area contributed by atoms with Crippen LogP contribution in [0.4, 0.5) is 10.1 Å². The molecule has 0 aliphatic rings. The molecule has 0 spiro atoms. The lowest BCUT2D eigenvalue weighted by molar-refractivity contribution is 0.600. The molecule has 0 heterocycles. The minimum absolute atomic E-state index is 0.205. The van der Waals surface area contributed by atoms with E-state index < -0.39 is 15.8 Å².